The fraction of sp³-hybridized carbons (Fsp3) is 0.647. The summed E-state index contributed by atoms with van der Waals surface area (Å²) in [5, 5.41) is 9.49. The second kappa shape index (κ2) is 6.23. The van der Waals surface area contributed by atoms with Crippen LogP contribution in [0, 0.1) is 31.1 Å². The van der Waals surface area contributed by atoms with Gasteiger partial charge in [-0.05, 0) is 31.4 Å². The van der Waals surface area contributed by atoms with Crippen LogP contribution in [0.5, 0.6) is 0 Å². The van der Waals surface area contributed by atoms with Gasteiger partial charge < -0.3 is 9.64 Å². The summed E-state index contributed by atoms with van der Waals surface area (Å²) in [7, 11) is 0. The van der Waals surface area contributed by atoms with Gasteiger partial charge in [-0.1, -0.05) is 6.92 Å². The van der Waals surface area contributed by atoms with E-state index in [1.807, 2.05) is 19.9 Å². The Kier molecular flexibility index (Phi) is 4.32. The molecule has 2 unspecified atom stereocenters. The third kappa shape index (κ3) is 2.81. The van der Waals surface area contributed by atoms with E-state index in [0.29, 0.717) is 12.0 Å². The van der Waals surface area contributed by atoms with Crippen molar-refractivity contribution in [2.24, 2.45) is 5.92 Å². The summed E-state index contributed by atoms with van der Waals surface area (Å²) >= 11 is 0. The van der Waals surface area contributed by atoms with Crippen LogP contribution in [0.3, 0.4) is 0 Å². The number of pyridine rings is 1. The molecule has 2 aliphatic heterocycles. The minimum absolute atomic E-state index is 0.526. The third-order valence-electron chi connectivity index (χ3n) is 4.82. The maximum Gasteiger partial charge on any atom is 0.147 e. The van der Waals surface area contributed by atoms with Crippen LogP contribution < -0.4 is 4.90 Å². The average molecular weight is 300 g/mol. The summed E-state index contributed by atoms with van der Waals surface area (Å²) in [6.07, 6.45) is 0. The first-order valence-electron chi connectivity index (χ1n) is 8.05. The Labute approximate surface area is 132 Å². The minimum Gasteiger partial charge on any atom is -0.379 e. The lowest BCUT2D eigenvalue weighted by atomic mass is 10.0. The molecule has 5 heteroatoms. The monoisotopic (exact) mass is 300 g/mol. The maximum atomic E-state index is 9.49. The summed E-state index contributed by atoms with van der Waals surface area (Å²) in [4.78, 5) is 9.49. The molecule has 1 aromatic rings. The van der Waals surface area contributed by atoms with E-state index in [9.17, 15) is 5.26 Å². The number of ether oxygens (including phenoxy) is 1. The lowest BCUT2D eigenvalue weighted by molar-refractivity contribution is 0.0134. The number of morpholine rings is 1. The molecule has 0 N–H and O–H groups in total. The van der Waals surface area contributed by atoms with Gasteiger partial charge in [-0.2, -0.15) is 5.26 Å². The molecular weight excluding hydrogens is 276 g/mol. The number of nitriles is 1. The van der Waals surface area contributed by atoms with Crippen molar-refractivity contribution in [1.82, 2.24) is 9.88 Å². The average Bonchev–Trinajstić information content (AvgIpc) is 2.89. The van der Waals surface area contributed by atoms with E-state index < -0.39 is 0 Å². The Morgan fingerprint density at radius 3 is 2.68 bits per heavy atom. The van der Waals surface area contributed by atoms with Gasteiger partial charge in [0.2, 0.25) is 0 Å². The van der Waals surface area contributed by atoms with E-state index in [1.54, 1.807) is 0 Å². The van der Waals surface area contributed by atoms with E-state index in [4.69, 9.17) is 4.74 Å². The Morgan fingerprint density at radius 2 is 2.00 bits per heavy atom. The first-order chi connectivity index (χ1) is 10.6. The van der Waals surface area contributed by atoms with Gasteiger partial charge in [0, 0.05) is 37.9 Å². The second-order valence-corrected chi connectivity index (χ2v) is 6.49. The largest absolute Gasteiger partial charge is 0.379 e. The van der Waals surface area contributed by atoms with Crippen LogP contribution in [-0.2, 0) is 4.74 Å². The molecule has 2 atom stereocenters. The van der Waals surface area contributed by atoms with Crippen molar-refractivity contribution in [1.29, 1.82) is 5.26 Å². The van der Waals surface area contributed by atoms with Crippen molar-refractivity contribution in [3.63, 3.8) is 0 Å². The Balaban J connectivity index is 1.84. The molecule has 5 nitrogen and oxygen atoms in total. The lowest BCUT2D eigenvalue weighted by Crippen LogP contribution is -2.46. The molecule has 118 valence electrons. The fourth-order valence-corrected chi connectivity index (χ4v) is 3.69. The highest BCUT2D eigenvalue weighted by molar-refractivity contribution is 5.59. The number of hydrogen-bond acceptors (Lipinski definition) is 5. The predicted molar refractivity (Wildman–Crippen MR) is 86.0 cm³/mol. The summed E-state index contributed by atoms with van der Waals surface area (Å²) in [5.41, 5.74) is 2.72. The van der Waals surface area contributed by atoms with Crippen LogP contribution in [-0.4, -0.2) is 55.3 Å². The molecule has 2 aliphatic rings. The molecular formula is C17H24N4O. The maximum absolute atomic E-state index is 9.49. The van der Waals surface area contributed by atoms with Crippen LogP contribution in [0.4, 0.5) is 5.82 Å². The molecule has 3 heterocycles. The minimum atomic E-state index is 0.526. The van der Waals surface area contributed by atoms with Gasteiger partial charge in [-0.15, -0.1) is 0 Å². The van der Waals surface area contributed by atoms with E-state index in [2.05, 4.69) is 27.8 Å². The number of nitrogens with zero attached hydrogens (tertiary/aromatic N) is 4. The zero-order valence-electron chi connectivity index (χ0n) is 13.7. The molecule has 0 radical (unpaired) electrons. The van der Waals surface area contributed by atoms with Gasteiger partial charge in [0.25, 0.3) is 0 Å². The molecule has 22 heavy (non-hydrogen) atoms. The van der Waals surface area contributed by atoms with E-state index >= 15 is 0 Å². The van der Waals surface area contributed by atoms with Crippen molar-refractivity contribution in [3.05, 3.63) is 22.9 Å². The zero-order chi connectivity index (χ0) is 15.7. The first-order valence-corrected chi connectivity index (χ1v) is 8.05. The SMILES string of the molecule is Cc1cc(C)c(C#N)c(N2CC(C)C(N3CCOCC3)C2)n1. The molecule has 0 saturated carbocycles. The molecule has 3 rings (SSSR count). The van der Waals surface area contributed by atoms with Crippen molar-refractivity contribution in [2.45, 2.75) is 26.8 Å². The normalized spacial score (nSPS) is 26.2. The van der Waals surface area contributed by atoms with Gasteiger partial charge >= 0.3 is 0 Å². The quantitative estimate of drug-likeness (QED) is 0.832. The van der Waals surface area contributed by atoms with Gasteiger partial charge in [0.15, 0.2) is 0 Å². The summed E-state index contributed by atoms with van der Waals surface area (Å²) in [5.74, 6) is 1.44. The van der Waals surface area contributed by atoms with E-state index in [-0.39, 0.29) is 0 Å². The van der Waals surface area contributed by atoms with E-state index in [1.165, 1.54) is 0 Å². The number of rotatable bonds is 2. The Hall–Kier alpha value is -1.64. The number of hydrogen-bond donors (Lipinski definition) is 0. The summed E-state index contributed by atoms with van der Waals surface area (Å²) in [6.45, 7) is 11.9. The van der Waals surface area contributed by atoms with Gasteiger partial charge in [-0.25, -0.2) is 4.98 Å². The van der Waals surface area contributed by atoms with Gasteiger partial charge in [0.1, 0.15) is 11.9 Å². The fourth-order valence-electron chi connectivity index (χ4n) is 3.69. The number of aryl methyl sites for hydroxylation is 2. The zero-order valence-corrected chi connectivity index (χ0v) is 13.7. The summed E-state index contributed by atoms with van der Waals surface area (Å²) in [6, 6.07) is 4.85. The van der Waals surface area contributed by atoms with Gasteiger partial charge in [-0.3, -0.25) is 4.90 Å². The van der Waals surface area contributed by atoms with Crippen LogP contribution in [0.15, 0.2) is 6.07 Å². The number of aromatic nitrogens is 1. The first kappa shape index (κ1) is 15.3. The van der Waals surface area contributed by atoms with E-state index in [0.717, 1.165) is 62.0 Å². The smallest absolute Gasteiger partial charge is 0.147 e. The summed E-state index contributed by atoms with van der Waals surface area (Å²) < 4.78 is 5.46. The second-order valence-electron chi connectivity index (χ2n) is 6.49. The van der Waals surface area contributed by atoms with Gasteiger partial charge in [0.05, 0.1) is 18.8 Å². The lowest BCUT2D eigenvalue weighted by Gasteiger charge is -2.34. The standard InChI is InChI=1S/C17H24N4O/c1-12-8-14(3)19-17(15(12)9-18)21-10-13(2)16(11-21)20-4-6-22-7-5-20/h8,13,16H,4-7,10-11H2,1-3H3. The van der Waals surface area contributed by atoms with Crippen LogP contribution in [0.25, 0.3) is 0 Å². The predicted octanol–water partition coefficient (Wildman–Crippen LogP) is 1.73. The van der Waals surface area contributed by atoms with Crippen LogP contribution in [0.2, 0.25) is 0 Å². The Bertz CT molecular complexity index is 589. The molecule has 1 aromatic heterocycles. The highest BCUT2D eigenvalue weighted by Crippen LogP contribution is 2.30. The van der Waals surface area contributed by atoms with Crippen molar-refractivity contribution >= 4 is 5.82 Å². The third-order valence-corrected chi connectivity index (χ3v) is 4.82. The van der Waals surface area contributed by atoms with Crippen LogP contribution >= 0.6 is 0 Å². The Morgan fingerprint density at radius 1 is 1.27 bits per heavy atom. The highest BCUT2D eigenvalue weighted by atomic mass is 16.5. The molecule has 0 bridgehead atoms. The van der Waals surface area contributed by atoms with Crippen molar-refractivity contribution in [3.8, 4) is 6.07 Å². The molecule has 2 fully saturated rings. The molecule has 0 amide bonds. The highest BCUT2D eigenvalue weighted by Gasteiger charge is 2.36. The van der Waals surface area contributed by atoms with Crippen molar-refractivity contribution < 1.29 is 4.74 Å². The van der Waals surface area contributed by atoms with Crippen molar-refractivity contribution in [2.75, 3.05) is 44.3 Å². The van der Waals surface area contributed by atoms with Crippen LogP contribution in [0.1, 0.15) is 23.7 Å². The molecule has 0 aliphatic carbocycles. The molecule has 2 saturated heterocycles. The molecule has 0 aromatic carbocycles. The molecule has 0 spiro atoms. The topological polar surface area (TPSA) is 52.4 Å². The number of anilines is 1.